The van der Waals surface area contributed by atoms with Crippen LogP contribution in [0.25, 0.3) is 11.0 Å². The Kier molecular flexibility index (Phi) is 5.90. The van der Waals surface area contributed by atoms with Gasteiger partial charge in [-0.05, 0) is 61.7 Å². The van der Waals surface area contributed by atoms with Crippen molar-refractivity contribution in [2.75, 3.05) is 0 Å². The zero-order valence-corrected chi connectivity index (χ0v) is 17.2. The van der Waals surface area contributed by atoms with Crippen LogP contribution in [-0.4, -0.2) is 15.5 Å². The Labute approximate surface area is 175 Å². The summed E-state index contributed by atoms with van der Waals surface area (Å²) in [7, 11) is 0. The van der Waals surface area contributed by atoms with Gasteiger partial charge in [-0.3, -0.25) is 14.2 Å². The predicted octanol–water partition coefficient (Wildman–Crippen LogP) is 4.56. The molecule has 1 N–H and O–H groups in total. The lowest BCUT2D eigenvalue weighted by Crippen LogP contribution is -2.39. The van der Waals surface area contributed by atoms with Crippen LogP contribution in [-0.2, 0) is 17.5 Å². The van der Waals surface area contributed by atoms with E-state index < -0.39 is 29.4 Å². The van der Waals surface area contributed by atoms with E-state index in [1.165, 1.54) is 13.0 Å². The first kappa shape index (κ1) is 21.8. The quantitative estimate of drug-likeness (QED) is 0.650. The van der Waals surface area contributed by atoms with E-state index in [1.807, 2.05) is 0 Å². The van der Waals surface area contributed by atoms with Crippen LogP contribution >= 0.6 is 11.6 Å². The van der Waals surface area contributed by atoms with E-state index in [4.69, 9.17) is 11.6 Å². The normalized spacial score (nSPS) is 12.8. The third-order valence-corrected chi connectivity index (χ3v) is 5.13. The SMILES string of the molecule is Cc1cc2nc(C(F)(F)F)c(=O)n(C(C)C(=O)NCc3cccc(Cl)c3)c2cc1C. The number of benzene rings is 2. The molecule has 30 heavy (non-hydrogen) atoms. The van der Waals surface area contributed by atoms with Crippen LogP contribution in [0.2, 0.25) is 5.02 Å². The number of alkyl halides is 3. The molecule has 1 heterocycles. The van der Waals surface area contributed by atoms with Gasteiger partial charge in [0.2, 0.25) is 11.6 Å². The lowest BCUT2D eigenvalue weighted by atomic mass is 10.1. The van der Waals surface area contributed by atoms with E-state index in [-0.39, 0.29) is 17.6 Å². The average molecular weight is 438 g/mol. The first-order chi connectivity index (χ1) is 14.0. The van der Waals surface area contributed by atoms with Crippen molar-refractivity contribution in [2.45, 2.75) is 39.5 Å². The summed E-state index contributed by atoms with van der Waals surface area (Å²) in [5.74, 6) is -0.601. The first-order valence-electron chi connectivity index (χ1n) is 9.12. The third kappa shape index (κ3) is 4.33. The van der Waals surface area contributed by atoms with Gasteiger partial charge in [-0.1, -0.05) is 23.7 Å². The number of halogens is 4. The first-order valence-corrected chi connectivity index (χ1v) is 9.49. The fourth-order valence-electron chi connectivity index (χ4n) is 3.13. The van der Waals surface area contributed by atoms with Crippen LogP contribution in [0.3, 0.4) is 0 Å². The standard InChI is InChI=1S/C21H19ClF3N3O2/c1-11-7-16-17(8-12(11)2)28(20(30)18(27-16)21(23,24)25)13(3)19(29)26-10-14-5-4-6-15(22)9-14/h4-9,13H,10H2,1-3H3,(H,26,29). The highest BCUT2D eigenvalue weighted by Crippen LogP contribution is 2.28. The number of carbonyl (C=O) groups excluding carboxylic acids is 1. The highest BCUT2D eigenvalue weighted by molar-refractivity contribution is 6.30. The second-order valence-electron chi connectivity index (χ2n) is 7.08. The molecule has 3 rings (SSSR count). The lowest BCUT2D eigenvalue weighted by molar-refractivity contribution is -0.142. The third-order valence-electron chi connectivity index (χ3n) is 4.90. The van der Waals surface area contributed by atoms with Crippen LogP contribution in [0.4, 0.5) is 13.2 Å². The molecule has 0 saturated heterocycles. The van der Waals surface area contributed by atoms with Crippen molar-refractivity contribution in [3.63, 3.8) is 0 Å². The topological polar surface area (TPSA) is 64.0 Å². The monoisotopic (exact) mass is 437 g/mol. The fraction of sp³-hybridized carbons (Fsp3) is 0.286. The number of fused-ring (bicyclic) bond motifs is 1. The molecule has 0 aliphatic carbocycles. The average Bonchev–Trinajstić information content (AvgIpc) is 2.66. The summed E-state index contributed by atoms with van der Waals surface area (Å²) in [6.07, 6.45) is -4.94. The smallest absolute Gasteiger partial charge is 0.350 e. The Morgan fingerprint density at radius 1 is 1.20 bits per heavy atom. The van der Waals surface area contributed by atoms with Crippen LogP contribution in [0.15, 0.2) is 41.2 Å². The molecule has 0 aliphatic heterocycles. The maximum absolute atomic E-state index is 13.4. The Balaban J connectivity index is 2.06. The lowest BCUT2D eigenvalue weighted by Gasteiger charge is -2.20. The van der Waals surface area contributed by atoms with Gasteiger partial charge < -0.3 is 5.32 Å². The van der Waals surface area contributed by atoms with Crippen molar-refractivity contribution < 1.29 is 18.0 Å². The number of rotatable bonds is 4. The van der Waals surface area contributed by atoms with Gasteiger partial charge in [-0.25, -0.2) is 4.98 Å². The van der Waals surface area contributed by atoms with E-state index >= 15 is 0 Å². The molecule has 1 unspecified atom stereocenters. The van der Waals surface area contributed by atoms with Crippen LogP contribution in [0.1, 0.15) is 35.3 Å². The molecule has 0 aliphatic rings. The van der Waals surface area contributed by atoms with Crippen LogP contribution in [0, 0.1) is 13.8 Å². The van der Waals surface area contributed by atoms with Gasteiger partial charge in [0.25, 0.3) is 5.56 Å². The summed E-state index contributed by atoms with van der Waals surface area (Å²) in [5.41, 5.74) is -0.523. The predicted molar refractivity (Wildman–Crippen MR) is 108 cm³/mol. The molecule has 1 aromatic heterocycles. The molecule has 0 radical (unpaired) electrons. The molecular formula is C21H19ClF3N3O2. The zero-order valence-electron chi connectivity index (χ0n) is 16.5. The minimum Gasteiger partial charge on any atom is -0.350 e. The summed E-state index contributed by atoms with van der Waals surface area (Å²) in [6, 6.07) is 8.67. The minimum atomic E-state index is -4.94. The van der Waals surface area contributed by atoms with Crippen molar-refractivity contribution in [1.82, 2.24) is 14.9 Å². The van der Waals surface area contributed by atoms with Gasteiger partial charge in [0.1, 0.15) is 6.04 Å². The molecule has 158 valence electrons. The maximum Gasteiger partial charge on any atom is 0.438 e. The van der Waals surface area contributed by atoms with Crippen LogP contribution < -0.4 is 10.9 Å². The maximum atomic E-state index is 13.4. The van der Waals surface area contributed by atoms with Crippen molar-refractivity contribution in [2.24, 2.45) is 0 Å². The second kappa shape index (κ2) is 8.10. The molecule has 0 fully saturated rings. The summed E-state index contributed by atoms with van der Waals surface area (Å²) < 4.78 is 41.1. The van der Waals surface area contributed by atoms with Gasteiger partial charge in [-0.2, -0.15) is 13.2 Å². The molecule has 2 aromatic carbocycles. The number of aryl methyl sites for hydroxylation is 2. The highest BCUT2D eigenvalue weighted by Gasteiger charge is 2.38. The molecule has 0 bridgehead atoms. The number of nitrogens with one attached hydrogen (secondary N) is 1. The van der Waals surface area contributed by atoms with Gasteiger partial charge in [-0.15, -0.1) is 0 Å². The van der Waals surface area contributed by atoms with Crippen molar-refractivity contribution in [3.05, 3.63) is 74.2 Å². The Bertz CT molecular complexity index is 1190. The fourth-order valence-corrected chi connectivity index (χ4v) is 3.34. The molecule has 0 spiro atoms. The summed E-state index contributed by atoms with van der Waals surface area (Å²) >= 11 is 5.92. The zero-order chi connectivity index (χ0) is 22.2. The second-order valence-corrected chi connectivity index (χ2v) is 7.52. The molecule has 5 nitrogen and oxygen atoms in total. The highest BCUT2D eigenvalue weighted by atomic mass is 35.5. The van der Waals surface area contributed by atoms with E-state index in [0.717, 1.165) is 21.3 Å². The number of hydrogen-bond acceptors (Lipinski definition) is 3. The van der Waals surface area contributed by atoms with Crippen molar-refractivity contribution >= 4 is 28.5 Å². The summed E-state index contributed by atoms with van der Waals surface area (Å²) in [5, 5.41) is 3.13. The van der Waals surface area contributed by atoms with Gasteiger partial charge in [0, 0.05) is 11.6 Å². The molecule has 1 atom stereocenters. The molecular weight excluding hydrogens is 419 g/mol. The number of amides is 1. The van der Waals surface area contributed by atoms with Crippen molar-refractivity contribution in [1.29, 1.82) is 0 Å². The van der Waals surface area contributed by atoms with Crippen LogP contribution in [0.5, 0.6) is 0 Å². The Morgan fingerprint density at radius 2 is 1.87 bits per heavy atom. The van der Waals surface area contributed by atoms with Gasteiger partial charge in [0.15, 0.2) is 0 Å². The largest absolute Gasteiger partial charge is 0.438 e. The number of hydrogen-bond donors (Lipinski definition) is 1. The number of carbonyl (C=O) groups is 1. The molecule has 9 heteroatoms. The van der Waals surface area contributed by atoms with E-state index in [1.54, 1.807) is 44.2 Å². The summed E-state index contributed by atoms with van der Waals surface area (Å²) in [6.45, 7) is 5.00. The number of nitrogens with zero attached hydrogens (tertiary/aromatic N) is 2. The van der Waals surface area contributed by atoms with Gasteiger partial charge in [0.05, 0.1) is 11.0 Å². The molecule has 3 aromatic rings. The Hall–Kier alpha value is -2.87. The Morgan fingerprint density at radius 3 is 2.50 bits per heavy atom. The summed E-state index contributed by atoms with van der Waals surface area (Å²) in [4.78, 5) is 28.9. The minimum absolute atomic E-state index is 0.000448. The van der Waals surface area contributed by atoms with E-state index in [0.29, 0.717) is 5.02 Å². The van der Waals surface area contributed by atoms with E-state index in [2.05, 4.69) is 10.3 Å². The number of aromatic nitrogens is 2. The van der Waals surface area contributed by atoms with Gasteiger partial charge >= 0.3 is 6.18 Å². The van der Waals surface area contributed by atoms with E-state index in [9.17, 15) is 22.8 Å². The molecule has 0 saturated carbocycles. The molecule has 1 amide bonds. The van der Waals surface area contributed by atoms with Crippen molar-refractivity contribution in [3.8, 4) is 0 Å².